The van der Waals surface area contributed by atoms with E-state index in [4.69, 9.17) is 4.74 Å². The molecule has 9 nitrogen and oxygen atoms in total. The molecular formula is C19H25N7O2. The van der Waals surface area contributed by atoms with Gasteiger partial charge in [0.05, 0.1) is 18.7 Å². The Morgan fingerprint density at radius 3 is 2.93 bits per heavy atom. The number of nitriles is 1. The molecule has 1 fully saturated rings. The Morgan fingerprint density at radius 2 is 2.18 bits per heavy atom. The highest BCUT2D eigenvalue weighted by Crippen LogP contribution is 2.29. The zero-order valence-electron chi connectivity index (χ0n) is 15.9. The summed E-state index contributed by atoms with van der Waals surface area (Å²) in [6.07, 6.45) is 9.41. The molecule has 0 radical (unpaired) electrons. The van der Waals surface area contributed by atoms with E-state index in [1.807, 2.05) is 6.07 Å². The van der Waals surface area contributed by atoms with Crippen LogP contribution in [0.5, 0.6) is 0 Å². The fraction of sp³-hybridized carbons (Fsp3) is 0.526. The van der Waals surface area contributed by atoms with Crippen LogP contribution in [0.25, 0.3) is 0 Å². The Kier molecular flexibility index (Phi) is 6.92. The molecule has 0 bridgehead atoms. The predicted octanol–water partition coefficient (Wildman–Crippen LogP) is 1.76. The summed E-state index contributed by atoms with van der Waals surface area (Å²) >= 11 is 0. The largest absolute Gasteiger partial charge is 0.376 e. The maximum atomic E-state index is 12.6. The van der Waals surface area contributed by atoms with Crippen molar-refractivity contribution in [1.29, 1.82) is 5.26 Å². The molecule has 3 N–H and O–H groups in total. The summed E-state index contributed by atoms with van der Waals surface area (Å²) in [6, 6.07) is 1.92. The number of aromatic nitrogens is 4. The van der Waals surface area contributed by atoms with Gasteiger partial charge in [0.15, 0.2) is 11.5 Å². The lowest BCUT2D eigenvalue weighted by Gasteiger charge is -2.36. The fourth-order valence-electron chi connectivity index (χ4n) is 3.41. The van der Waals surface area contributed by atoms with Gasteiger partial charge in [-0.15, -0.1) is 0 Å². The summed E-state index contributed by atoms with van der Waals surface area (Å²) in [6.45, 7) is 3.09. The second kappa shape index (κ2) is 9.80. The first-order valence-electron chi connectivity index (χ1n) is 9.56. The van der Waals surface area contributed by atoms with Crippen LogP contribution >= 0.6 is 0 Å². The molecule has 3 atom stereocenters. The maximum Gasteiger partial charge on any atom is 0.223 e. The van der Waals surface area contributed by atoms with Crippen LogP contribution in [-0.4, -0.2) is 44.6 Å². The van der Waals surface area contributed by atoms with Crippen LogP contribution in [0.15, 0.2) is 24.8 Å². The lowest BCUT2D eigenvalue weighted by molar-refractivity contribution is -0.127. The third-order valence-electron chi connectivity index (χ3n) is 4.80. The average Bonchev–Trinajstić information content (AvgIpc) is 3.25. The van der Waals surface area contributed by atoms with Crippen LogP contribution in [0.4, 0.5) is 5.82 Å². The summed E-state index contributed by atoms with van der Waals surface area (Å²) in [5.41, 5.74) is 0.237. The van der Waals surface area contributed by atoms with Crippen molar-refractivity contribution in [3.05, 3.63) is 36.3 Å². The Hall–Kier alpha value is -2.99. The van der Waals surface area contributed by atoms with Gasteiger partial charge < -0.3 is 20.4 Å². The van der Waals surface area contributed by atoms with Gasteiger partial charge in [-0.3, -0.25) is 4.79 Å². The Morgan fingerprint density at radius 1 is 1.32 bits per heavy atom. The first kappa shape index (κ1) is 19.8. The van der Waals surface area contributed by atoms with E-state index in [1.165, 1.54) is 6.20 Å². The number of imidazole rings is 1. The minimum absolute atomic E-state index is 0.00297. The van der Waals surface area contributed by atoms with E-state index >= 15 is 0 Å². The lowest BCUT2D eigenvalue weighted by Crippen LogP contribution is -2.45. The van der Waals surface area contributed by atoms with Crippen LogP contribution in [0.2, 0.25) is 0 Å². The summed E-state index contributed by atoms with van der Waals surface area (Å²) in [7, 11) is 0. The average molecular weight is 383 g/mol. The number of hydrogen-bond acceptors (Lipinski definition) is 7. The summed E-state index contributed by atoms with van der Waals surface area (Å²) < 4.78 is 6.00. The molecule has 0 spiro atoms. The second-order valence-corrected chi connectivity index (χ2v) is 6.79. The molecule has 1 saturated carbocycles. The van der Waals surface area contributed by atoms with Gasteiger partial charge in [0.1, 0.15) is 11.9 Å². The Labute approximate surface area is 163 Å². The predicted molar refractivity (Wildman–Crippen MR) is 102 cm³/mol. The SMILES string of the molecule is CCCO[C@@H]1CC[C@H](C(=O)NCc2ncc[nH]2)C[C@H]1Nc1nccnc1C#N. The van der Waals surface area contributed by atoms with Gasteiger partial charge in [0, 0.05) is 37.3 Å². The van der Waals surface area contributed by atoms with Gasteiger partial charge in [-0.05, 0) is 25.7 Å². The van der Waals surface area contributed by atoms with Crippen molar-refractivity contribution in [2.75, 3.05) is 11.9 Å². The van der Waals surface area contributed by atoms with Crippen molar-refractivity contribution in [2.24, 2.45) is 5.92 Å². The molecule has 9 heteroatoms. The zero-order chi connectivity index (χ0) is 19.8. The van der Waals surface area contributed by atoms with E-state index < -0.39 is 0 Å². The number of anilines is 1. The van der Waals surface area contributed by atoms with Crippen molar-refractivity contribution < 1.29 is 9.53 Å². The van der Waals surface area contributed by atoms with Crippen molar-refractivity contribution >= 4 is 11.7 Å². The number of amides is 1. The molecule has 2 aromatic rings. The van der Waals surface area contributed by atoms with Crippen molar-refractivity contribution in [1.82, 2.24) is 25.3 Å². The lowest BCUT2D eigenvalue weighted by atomic mass is 9.83. The monoisotopic (exact) mass is 383 g/mol. The molecule has 0 aliphatic heterocycles. The van der Waals surface area contributed by atoms with E-state index in [0.29, 0.717) is 25.4 Å². The minimum Gasteiger partial charge on any atom is -0.376 e. The first-order valence-corrected chi connectivity index (χ1v) is 9.56. The number of rotatable bonds is 8. The summed E-state index contributed by atoms with van der Waals surface area (Å²) in [4.78, 5) is 28.0. The molecule has 0 saturated heterocycles. The summed E-state index contributed by atoms with van der Waals surface area (Å²) in [5, 5.41) is 15.5. The molecule has 148 valence electrons. The highest BCUT2D eigenvalue weighted by atomic mass is 16.5. The number of carbonyl (C=O) groups is 1. The molecule has 0 aromatic carbocycles. The number of ether oxygens (including phenoxy) is 1. The van der Waals surface area contributed by atoms with Gasteiger partial charge in [0.2, 0.25) is 5.91 Å². The molecule has 2 heterocycles. The molecule has 2 aromatic heterocycles. The molecule has 1 aliphatic rings. The van der Waals surface area contributed by atoms with Crippen LogP contribution in [-0.2, 0) is 16.1 Å². The molecule has 1 aliphatic carbocycles. The first-order chi connectivity index (χ1) is 13.7. The number of H-pyrrole nitrogens is 1. The Balaban J connectivity index is 1.66. The topological polar surface area (TPSA) is 129 Å². The highest BCUT2D eigenvalue weighted by molar-refractivity contribution is 5.78. The van der Waals surface area contributed by atoms with Crippen LogP contribution in [0.3, 0.4) is 0 Å². The number of carbonyl (C=O) groups excluding carboxylic acids is 1. The highest BCUT2D eigenvalue weighted by Gasteiger charge is 2.35. The van der Waals surface area contributed by atoms with E-state index in [2.05, 4.69) is 37.5 Å². The van der Waals surface area contributed by atoms with Gasteiger partial charge in [-0.2, -0.15) is 5.26 Å². The van der Waals surface area contributed by atoms with Crippen LogP contribution in [0, 0.1) is 17.2 Å². The van der Waals surface area contributed by atoms with Gasteiger partial charge >= 0.3 is 0 Å². The number of nitrogens with zero attached hydrogens (tertiary/aromatic N) is 4. The second-order valence-electron chi connectivity index (χ2n) is 6.79. The third-order valence-corrected chi connectivity index (χ3v) is 4.80. The molecule has 0 unspecified atom stereocenters. The van der Waals surface area contributed by atoms with Crippen LogP contribution in [0.1, 0.15) is 44.1 Å². The third kappa shape index (κ3) is 5.04. The van der Waals surface area contributed by atoms with Gasteiger partial charge in [0.25, 0.3) is 0 Å². The van der Waals surface area contributed by atoms with E-state index in [9.17, 15) is 10.1 Å². The summed E-state index contributed by atoms with van der Waals surface area (Å²) in [5.74, 6) is 1.01. The maximum absolute atomic E-state index is 12.6. The van der Waals surface area contributed by atoms with E-state index in [0.717, 1.165) is 25.1 Å². The molecule has 3 rings (SSSR count). The number of aromatic amines is 1. The van der Waals surface area contributed by atoms with Crippen molar-refractivity contribution in [3.8, 4) is 6.07 Å². The van der Waals surface area contributed by atoms with E-state index in [1.54, 1.807) is 18.6 Å². The van der Waals surface area contributed by atoms with E-state index in [-0.39, 0.29) is 29.7 Å². The normalized spacial score (nSPS) is 21.6. The quantitative estimate of drug-likeness (QED) is 0.633. The smallest absolute Gasteiger partial charge is 0.223 e. The zero-order valence-corrected chi connectivity index (χ0v) is 15.9. The van der Waals surface area contributed by atoms with Crippen molar-refractivity contribution in [2.45, 2.75) is 51.3 Å². The number of hydrogen-bond donors (Lipinski definition) is 3. The Bertz CT molecular complexity index is 803. The van der Waals surface area contributed by atoms with Crippen molar-refractivity contribution in [3.63, 3.8) is 0 Å². The van der Waals surface area contributed by atoms with Crippen LogP contribution < -0.4 is 10.6 Å². The standard InChI is InChI=1S/C19H25N7O2/c1-2-9-28-16-4-3-13(19(27)25-12-17-22-6-7-23-17)10-14(16)26-18-15(11-20)21-5-8-24-18/h5-8,13-14,16H,2-4,9-10,12H2,1H3,(H,22,23)(H,24,26)(H,25,27)/t13-,14+,16+/m0/s1. The fourth-order valence-corrected chi connectivity index (χ4v) is 3.41. The number of nitrogens with one attached hydrogen (secondary N) is 3. The van der Waals surface area contributed by atoms with Gasteiger partial charge in [-0.1, -0.05) is 6.92 Å². The van der Waals surface area contributed by atoms with Gasteiger partial charge in [-0.25, -0.2) is 15.0 Å². The molecular weight excluding hydrogens is 358 g/mol. The molecule has 28 heavy (non-hydrogen) atoms. The molecule has 1 amide bonds. The minimum atomic E-state index is -0.142.